The highest BCUT2D eigenvalue weighted by Crippen LogP contribution is 2.40. The molecule has 1 atom stereocenters. The van der Waals surface area contributed by atoms with Crippen LogP contribution in [0.15, 0.2) is 53.1 Å². The molecule has 5 heteroatoms. The van der Waals surface area contributed by atoms with Gasteiger partial charge in [-0.3, -0.25) is 0 Å². The van der Waals surface area contributed by atoms with E-state index < -0.39 is 11.9 Å². The summed E-state index contributed by atoms with van der Waals surface area (Å²) in [5, 5.41) is 9.44. The fourth-order valence-electron chi connectivity index (χ4n) is 2.49. The van der Waals surface area contributed by atoms with Crippen LogP contribution < -0.4 is 5.73 Å². The number of nitrogens with two attached hydrogens (primary N) is 1. The first kappa shape index (κ1) is 15.6. The van der Waals surface area contributed by atoms with Crippen molar-refractivity contribution in [2.45, 2.75) is 26.2 Å². The molecule has 2 N–H and O–H groups in total. The second-order valence-corrected chi connectivity index (χ2v) is 4.75. The van der Waals surface area contributed by atoms with Gasteiger partial charge in [-0.05, 0) is 12.5 Å². The Bertz CT molecular complexity index is 669. The number of esters is 1. The maximum Gasteiger partial charge on any atom is 0.338 e. The van der Waals surface area contributed by atoms with Crippen LogP contribution in [0.3, 0.4) is 0 Å². The molecule has 1 unspecified atom stereocenters. The van der Waals surface area contributed by atoms with Gasteiger partial charge in [-0.25, -0.2) is 4.79 Å². The number of rotatable bonds is 4. The van der Waals surface area contributed by atoms with Crippen LogP contribution in [0.25, 0.3) is 0 Å². The third-order valence-electron chi connectivity index (χ3n) is 3.45. The molecule has 114 valence electrons. The molecule has 1 aliphatic rings. The Hall–Kier alpha value is -2.74. The van der Waals surface area contributed by atoms with Gasteiger partial charge in [0, 0.05) is 6.42 Å². The Morgan fingerprint density at radius 3 is 2.59 bits per heavy atom. The summed E-state index contributed by atoms with van der Waals surface area (Å²) >= 11 is 0. The van der Waals surface area contributed by atoms with Gasteiger partial charge >= 0.3 is 5.97 Å². The van der Waals surface area contributed by atoms with Gasteiger partial charge in [0.05, 0.1) is 18.1 Å². The average molecular weight is 298 g/mol. The lowest BCUT2D eigenvalue weighted by molar-refractivity contribution is -0.139. The van der Waals surface area contributed by atoms with Crippen LogP contribution in [0, 0.1) is 11.3 Å². The van der Waals surface area contributed by atoms with E-state index in [-0.39, 0.29) is 18.1 Å². The maximum atomic E-state index is 12.4. The second kappa shape index (κ2) is 6.81. The normalized spacial score (nSPS) is 17.8. The van der Waals surface area contributed by atoms with Crippen molar-refractivity contribution < 1.29 is 14.3 Å². The first-order chi connectivity index (χ1) is 10.6. The van der Waals surface area contributed by atoms with Crippen LogP contribution in [0.2, 0.25) is 0 Å². The van der Waals surface area contributed by atoms with Crippen LogP contribution in [0.1, 0.15) is 31.7 Å². The molecule has 1 aliphatic heterocycles. The van der Waals surface area contributed by atoms with E-state index in [4.69, 9.17) is 15.2 Å². The number of nitrogens with zero attached hydrogens (tertiary/aromatic N) is 1. The van der Waals surface area contributed by atoms with Crippen LogP contribution in [0.4, 0.5) is 0 Å². The van der Waals surface area contributed by atoms with E-state index in [9.17, 15) is 10.1 Å². The Morgan fingerprint density at radius 2 is 2.05 bits per heavy atom. The number of nitriles is 1. The summed E-state index contributed by atoms with van der Waals surface area (Å²) < 4.78 is 10.6. The van der Waals surface area contributed by atoms with Crippen molar-refractivity contribution in [2.24, 2.45) is 5.73 Å². The highest BCUT2D eigenvalue weighted by atomic mass is 16.5. The molecule has 0 aliphatic carbocycles. The minimum atomic E-state index is -0.561. The fourth-order valence-corrected chi connectivity index (χ4v) is 2.49. The van der Waals surface area contributed by atoms with E-state index >= 15 is 0 Å². The molecular formula is C17H18N2O3. The summed E-state index contributed by atoms with van der Waals surface area (Å²) in [7, 11) is 0. The van der Waals surface area contributed by atoms with E-state index in [1.54, 1.807) is 6.92 Å². The smallest absolute Gasteiger partial charge is 0.338 e. The standard InChI is InChI=1S/C17H18N2O3/c1-3-13-15(17(20)21-4-2)14(11-8-6-5-7-9-11)12(10-18)16(19)22-13/h5-9,14H,3-4,19H2,1-2H3. The molecule has 5 nitrogen and oxygen atoms in total. The molecule has 22 heavy (non-hydrogen) atoms. The van der Waals surface area contributed by atoms with E-state index in [2.05, 4.69) is 6.07 Å². The fraction of sp³-hybridized carbons (Fsp3) is 0.294. The number of benzene rings is 1. The summed E-state index contributed by atoms with van der Waals surface area (Å²) in [4.78, 5) is 12.4. The van der Waals surface area contributed by atoms with Gasteiger partial charge < -0.3 is 15.2 Å². The number of hydrogen-bond acceptors (Lipinski definition) is 5. The van der Waals surface area contributed by atoms with Crippen LogP contribution in [-0.4, -0.2) is 12.6 Å². The Morgan fingerprint density at radius 1 is 1.36 bits per heavy atom. The molecule has 0 radical (unpaired) electrons. The zero-order valence-corrected chi connectivity index (χ0v) is 12.6. The van der Waals surface area contributed by atoms with Gasteiger partial charge in [0.1, 0.15) is 17.4 Å². The molecule has 0 fully saturated rings. The molecule has 1 aromatic carbocycles. The van der Waals surface area contributed by atoms with Gasteiger partial charge in [-0.15, -0.1) is 0 Å². The summed E-state index contributed by atoms with van der Waals surface area (Å²) in [5.74, 6) is -0.549. The minimum Gasteiger partial charge on any atom is -0.463 e. The monoisotopic (exact) mass is 298 g/mol. The van der Waals surface area contributed by atoms with Crippen molar-refractivity contribution in [3.05, 3.63) is 58.7 Å². The zero-order valence-electron chi connectivity index (χ0n) is 12.6. The molecule has 0 saturated carbocycles. The summed E-state index contributed by atoms with van der Waals surface area (Å²) in [6, 6.07) is 11.3. The van der Waals surface area contributed by atoms with Crippen LogP contribution in [0.5, 0.6) is 0 Å². The van der Waals surface area contributed by atoms with E-state index in [1.165, 1.54) is 0 Å². The highest BCUT2D eigenvalue weighted by molar-refractivity contribution is 5.92. The molecule has 0 amide bonds. The highest BCUT2D eigenvalue weighted by Gasteiger charge is 2.36. The molecule has 0 aromatic heterocycles. The van der Waals surface area contributed by atoms with Crippen molar-refractivity contribution in [1.29, 1.82) is 5.26 Å². The number of hydrogen-bond donors (Lipinski definition) is 1. The Balaban J connectivity index is 2.62. The van der Waals surface area contributed by atoms with Gasteiger partial charge in [0.2, 0.25) is 5.88 Å². The Kier molecular flexibility index (Phi) is 4.84. The molecule has 1 aromatic rings. The van der Waals surface area contributed by atoms with Crippen molar-refractivity contribution in [3.8, 4) is 6.07 Å². The van der Waals surface area contributed by atoms with Crippen molar-refractivity contribution in [1.82, 2.24) is 0 Å². The summed E-state index contributed by atoms with van der Waals surface area (Å²) in [5.41, 5.74) is 7.25. The topological polar surface area (TPSA) is 85.3 Å². The molecular weight excluding hydrogens is 280 g/mol. The predicted molar refractivity (Wildman–Crippen MR) is 81.0 cm³/mol. The first-order valence-electron chi connectivity index (χ1n) is 7.16. The minimum absolute atomic E-state index is 0.0428. The third kappa shape index (κ3) is 2.82. The third-order valence-corrected chi connectivity index (χ3v) is 3.45. The number of carbonyl (C=O) groups excluding carboxylic acids is 1. The second-order valence-electron chi connectivity index (χ2n) is 4.75. The quantitative estimate of drug-likeness (QED) is 0.864. The SMILES string of the molecule is CCOC(=O)C1=C(CC)OC(N)=C(C#N)C1c1ccccc1. The lowest BCUT2D eigenvalue weighted by Crippen LogP contribution is -2.26. The van der Waals surface area contributed by atoms with Crippen molar-refractivity contribution >= 4 is 5.97 Å². The summed E-state index contributed by atoms with van der Waals surface area (Å²) in [6.07, 6.45) is 0.483. The predicted octanol–water partition coefficient (Wildman–Crippen LogP) is 2.72. The zero-order chi connectivity index (χ0) is 16.1. The number of allylic oxidation sites excluding steroid dienone is 2. The average Bonchev–Trinajstić information content (AvgIpc) is 2.54. The van der Waals surface area contributed by atoms with Gasteiger partial charge in [0.25, 0.3) is 0 Å². The van der Waals surface area contributed by atoms with Gasteiger partial charge in [-0.1, -0.05) is 37.3 Å². The molecule has 2 rings (SSSR count). The summed E-state index contributed by atoms with van der Waals surface area (Å²) in [6.45, 7) is 3.85. The van der Waals surface area contributed by atoms with Gasteiger partial charge in [-0.2, -0.15) is 5.26 Å². The van der Waals surface area contributed by atoms with Crippen LogP contribution >= 0.6 is 0 Å². The van der Waals surface area contributed by atoms with Gasteiger partial charge in [0.15, 0.2) is 0 Å². The largest absolute Gasteiger partial charge is 0.463 e. The van der Waals surface area contributed by atoms with Crippen molar-refractivity contribution in [3.63, 3.8) is 0 Å². The maximum absolute atomic E-state index is 12.4. The van der Waals surface area contributed by atoms with E-state index in [0.29, 0.717) is 17.8 Å². The van der Waals surface area contributed by atoms with E-state index in [1.807, 2.05) is 37.3 Å². The molecule has 0 spiro atoms. The van der Waals surface area contributed by atoms with Crippen LogP contribution in [-0.2, 0) is 14.3 Å². The van der Waals surface area contributed by atoms with E-state index in [0.717, 1.165) is 5.56 Å². The van der Waals surface area contributed by atoms with Crippen molar-refractivity contribution in [2.75, 3.05) is 6.61 Å². The number of ether oxygens (including phenoxy) is 2. The molecule has 0 bridgehead atoms. The lowest BCUT2D eigenvalue weighted by Gasteiger charge is -2.27. The lowest BCUT2D eigenvalue weighted by atomic mass is 9.82. The molecule has 0 saturated heterocycles. The Labute approximate surface area is 129 Å². The first-order valence-corrected chi connectivity index (χ1v) is 7.16. The molecule has 1 heterocycles. The number of carbonyl (C=O) groups is 1.